The van der Waals surface area contributed by atoms with E-state index in [-0.39, 0.29) is 11.3 Å². The van der Waals surface area contributed by atoms with E-state index in [1.165, 1.54) is 7.11 Å². The summed E-state index contributed by atoms with van der Waals surface area (Å²) in [5.74, 6) is -0.597. The number of carbonyl (C=O) groups is 2. The van der Waals surface area contributed by atoms with Gasteiger partial charge in [0.25, 0.3) is 11.7 Å². The molecule has 0 aliphatic carbocycles. The molecule has 3 heterocycles. The standard InChI is InChI=1S/C28H34N4O5/c1-6-30(7-2)14-10-16-32-25(19-12-13-20(36-4)21(17-19)37-5)23(27(34)28(32)35)26(33)24-18(3)29-22-11-8-9-15-31(22)24/h8-9,11-13,15,17,25,33H,6-7,10,14,16H2,1-5H3/b26-23+. The number of hydrogen-bond donors (Lipinski definition) is 1. The number of methoxy groups -OCH3 is 2. The molecule has 1 aliphatic heterocycles. The van der Waals surface area contributed by atoms with Gasteiger partial charge in [0.2, 0.25) is 0 Å². The van der Waals surface area contributed by atoms with E-state index >= 15 is 0 Å². The van der Waals surface area contributed by atoms with Gasteiger partial charge in [0.15, 0.2) is 17.3 Å². The number of aryl methyl sites for hydroxylation is 1. The first-order chi connectivity index (χ1) is 17.9. The maximum atomic E-state index is 13.5. The fourth-order valence-electron chi connectivity index (χ4n) is 5.01. The number of aromatic nitrogens is 2. The number of benzene rings is 1. The average Bonchev–Trinajstić information content (AvgIpc) is 3.38. The van der Waals surface area contributed by atoms with Gasteiger partial charge in [-0.15, -0.1) is 0 Å². The molecule has 0 saturated carbocycles. The number of ketones is 1. The number of aliphatic hydroxyl groups excluding tert-OH is 1. The Morgan fingerprint density at radius 2 is 1.81 bits per heavy atom. The van der Waals surface area contributed by atoms with Gasteiger partial charge >= 0.3 is 0 Å². The highest BCUT2D eigenvalue weighted by atomic mass is 16.5. The molecule has 0 radical (unpaired) electrons. The number of Topliss-reactive ketones (excluding diaryl/α,β-unsaturated/α-hetero) is 1. The number of rotatable bonds is 10. The Kier molecular flexibility index (Phi) is 7.83. The third-order valence-electron chi connectivity index (χ3n) is 6.96. The monoisotopic (exact) mass is 506 g/mol. The molecule has 1 saturated heterocycles. The van der Waals surface area contributed by atoms with Crippen molar-refractivity contribution >= 4 is 23.1 Å². The van der Waals surface area contributed by atoms with Gasteiger partial charge in [0, 0.05) is 12.7 Å². The second-order valence-electron chi connectivity index (χ2n) is 8.96. The molecule has 1 aliphatic rings. The van der Waals surface area contributed by atoms with E-state index in [9.17, 15) is 14.7 Å². The first-order valence-corrected chi connectivity index (χ1v) is 12.5. The van der Waals surface area contributed by atoms with Gasteiger partial charge in [0.1, 0.15) is 11.3 Å². The summed E-state index contributed by atoms with van der Waals surface area (Å²) in [5.41, 5.74) is 2.27. The van der Waals surface area contributed by atoms with Crippen molar-refractivity contribution in [1.82, 2.24) is 19.2 Å². The smallest absolute Gasteiger partial charge is 0.295 e. The lowest BCUT2D eigenvalue weighted by Gasteiger charge is -2.27. The third kappa shape index (κ3) is 4.79. The maximum Gasteiger partial charge on any atom is 0.295 e. The Hall–Kier alpha value is -3.85. The Morgan fingerprint density at radius 1 is 1.08 bits per heavy atom. The van der Waals surface area contributed by atoms with Gasteiger partial charge in [0.05, 0.1) is 31.5 Å². The molecule has 1 amide bonds. The fraction of sp³-hybridized carbons (Fsp3) is 0.393. The van der Waals surface area contributed by atoms with Crippen LogP contribution in [0.25, 0.3) is 11.4 Å². The van der Waals surface area contributed by atoms with E-state index in [2.05, 4.69) is 23.7 Å². The van der Waals surface area contributed by atoms with Crippen LogP contribution in [0.15, 0.2) is 48.2 Å². The number of carbonyl (C=O) groups excluding carboxylic acids is 2. The Morgan fingerprint density at radius 3 is 2.49 bits per heavy atom. The first kappa shape index (κ1) is 26.2. The number of imidazole rings is 1. The molecule has 3 aromatic rings. The van der Waals surface area contributed by atoms with Crippen LogP contribution in [0.3, 0.4) is 0 Å². The van der Waals surface area contributed by atoms with Crippen molar-refractivity contribution in [3.05, 3.63) is 65.1 Å². The van der Waals surface area contributed by atoms with E-state index in [0.29, 0.717) is 47.1 Å². The van der Waals surface area contributed by atoms with Crippen LogP contribution in [0.5, 0.6) is 11.5 Å². The second kappa shape index (κ2) is 11.0. The van der Waals surface area contributed by atoms with Crippen molar-refractivity contribution in [2.75, 3.05) is 40.4 Å². The fourth-order valence-corrected chi connectivity index (χ4v) is 5.01. The van der Waals surface area contributed by atoms with E-state index in [1.54, 1.807) is 47.7 Å². The van der Waals surface area contributed by atoms with Crippen molar-refractivity contribution in [1.29, 1.82) is 0 Å². The predicted molar refractivity (Wildman–Crippen MR) is 141 cm³/mol. The van der Waals surface area contributed by atoms with Crippen LogP contribution in [0.1, 0.15) is 43.3 Å². The highest BCUT2D eigenvalue weighted by molar-refractivity contribution is 6.46. The minimum Gasteiger partial charge on any atom is -0.505 e. The lowest BCUT2D eigenvalue weighted by molar-refractivity contribution is -0.140. The van der Waals surface area contributed by atoms with E-state index < -0.39 is 17.7 Å². The number of nitrogens with zero attached hydrogens (tertiary/aromatic N) is 4. The summed E-state index contributed by atoms with van der Waals surface area (Å²) < 4.78 is 12.6. The minimum atomic E-state index is -0.787. The van der Waals surface area contributed by atoms with Gasteiger partial charge in [-0.3, -0.25) is 14.0 Å². The zero-order valence-corrected chi connectivity index (χ0v) is 22.0. The number of pyridine rings is 1. The van der Waals surface area contributed by atoms with Gasteiger partial charge in [-0.05, 0) is 62.8 Å². The summed E-state index contributed by atoms with van der Waals surface area (Å²) in [7, 11) is 3.08. The quantitative estimate of drug-likeness (QED) is 0.254. The van der Waals surface area contributed by atoms with Crippen molar-refractivity contribution in [3.63, 3.8) is 0 Å². The van der Waals surface area contributed by atoms with Crippen LogP contribution >= 0.6 is 0 Å². The van der Waals surface area contributed by atoms with Gasteiger partial charge < -0.3 is 24.4 Å². The van der Waals surface area contributed by atoms with Gasteiger partial charge in [-0.2, -0.15) is 0 Å². The van der Waals surface area contributed by atoms with Crippen molar-refractivity contribution < 1.29 is 24.2 Å². The zero-order chi connectivity index (χ0) is 26.7. The lowest BCUT2D eigenvalue weighted by atomic mass is 9.95. The molecule has 1 N–H and O–H groups in total. The number of amides is 1. The van der Waals surface area contributed by atoms with Crippen LogP contribution in [-0.4, -0.2) is 76.4 Å². The molecule has 1 unspecified atom stereocenters. The van der Waals surface area contributed by atoms with Crippen LogP contribution in [0.2, 0.25) is 0 Å². The molecule has 1 aromatic carbocycles. The molecule has 0 spiro atoms. The normalized spacial score (nSPS) is 17.2. The molecule has 1 atom stereocenters. The molecular formula is C28H34N4O5. The molecule has 2 aromatic heterocycles. The Bertz CT molecular complexity index is 1340. The number of hydrogen-bond acceptors (Lipinski definition) is 7. The van der Waals surface area contributed by atoms with Crippen LogP contribution in [0.4, 0.5) is 0 Å². The predicted octanol–water partition coefficient (Wildman–Crippen LogP) is 3.81. The van der Waals surface area contributed by atoms with Crippen molar-refractivity contribution in [3.8, 4) is 11.5 Å². The maximum absolute atomic E-state index is 13.5. The van der Waals surface area contributed by atoms with Gasteiger partial charge in [-0.1, -0.05) is 26.0 Å². The summed E-state index contributed by atoms with van der Waals surface area (Å²) in [6, 6.07) is 9.99. The SMILES string of the molecule is CCN(CC)CCCN1C(=O)C(=O)/C(=C(/O)c2c(C)nc3ccccn23)C1c1ccc(OC)c(OC)c1. The van der Waals surface area contributed by atoms with Crippen molar-refractivity contribution in [2.24, 2.45) is 0 Å². The van der Waals surface area contributed by atoms with Crippen LogP contribution in [-0.2, 0) is 9.59 Å². The first-order valence-electron chi connectivity index (χ1n) is 12.5. The average molecular weight is 507 g/mol. The molecule has 196 valence electrons. The molecular weight excluding hydrogens is 472 g/mol. The number of fused-ring (bicyclic) bond motifs is 1. The third-order valence-corrected chi connectivity index (χ3v) is 6.96. The summed E-state index contributed by atoms with van der Waals surface area (Å²) in [4.78, 5) is 35.2. The molecule has 0 bridgehead atoms. The number of likely N-dealkylation sites (tertiary alicyclic amines) is 1. The Labute approximate surface area is 216 Å². The molecule has 4 rings (SSSR count). The highest BCUT2D eigenvalue weighted by Crippen LogP contribution is 2.42. The Balaban J connectivity index is 1.86. The van der Waals surface area contributed by atoms with Gasteiger partial charge in [-0.25, -0.2) is 4.98 Å². The topological polar surface area (TPSA) is 96.6 Å². The van der Waals surface area contributed by atoms with Crippen molar-refractivity contribution in [2.45, 2.75) is 33.2 Å². The van der Waals surface area contributed by atoms with E-state index in [0.717, 1.165) is 19.6 Å². The summed E-state index contributed by atoms with van der Waals surface area (Å²) >= 11 is 0. The second-order valence-corrected chi connectivity index (χ2v) is 8.96. The largest absolute Gasteiger partial charge is 0.505 e. The molecule has 9 nitrogen and oxygen atoms in total. The summed E-state index contributed by atoms with van der Waals surface area (Å²) in [5, 5.41) is 11.6. The lowest BCUT2D eigenvalue weighted by Crippen LogP contribution is -2.33. The van der Waals surface area contributed by atoms with Crippen LogP contribution in [0, 0.1) is 6.92 Å². The molecule has 9 heteroatoms. The number of aliphatic hydroxyl groups is 1. The highest BCUT2D eigenvalue weighted by Gasteiger charge is 2.46. The number of ether oxygens (including phenoxy) is 2. The van der Waals surface area contributed by atoms with E-state index in [1.807, 2.05) is 18.2 Å². The van der Waals surface area contributed by atoms with E-state index in [4.69, 9.17) is 9.47 Å². The summed E-state index contributed by atoms with van der Waals surface area (Å²) in [6.45, 7) is 8.93. The molecule has 37 heavy (non-hydrogen) atoms. The van der Waals surface area contributed by atoms with Crippen LogP contribution < -0.4 is 9.47 Å². The zero-order valence-electron chi connectivity index (χ0n) is 22.0. The summed E-state index contributed by atoms with van der Waals surface area (Å²) in [6.07, 6.45) is 2.46. The molecule has 1 fully saturated rings. The minimum absolute atomic E-state index is 0.0359.